The molecule has 0 spiro atoms. The van der Waals surface area contributed by atoms with Crippen LogP contribution in [-0.2, 0) is 13.6 Å². The Hall–Kier alpha value is -1.39. The first-order chi connectivity index (χ1) is 8.53. The van der Waals surface area contributed by atoms with Gasteiger partial charge in [0.2, 0.25) is 0 Å². The summed E-state index contributed by atoms with van der Waals surface area (Å²) in [5.74, 6) is 0.946. The molecule has 18 heavy (non-hydrogen) atoms. The van der Waals surface area contributed by atoms with Crippen LogP contribution in [0, 0.1) is 0 Å². The van der Waals surface area contributed by atoms with Crippen molar-refractivity contribution in [3.8, 4) is 0 Å². The lowest BCUT2D eigenvalue weighted by atomic mass is 9.88. The molecular formula is C14H23N3O. The van der Waals surface area contributed by atoms with Crippen LogP contribution in [0.2, 0.25) is 0 Å². The molecule has 0 fully saturated rings. The maximum absolute atomic E-state index is 10.5. The first-order valence-corrected chi connectivity index (χ1v) is 6.17. The van der Waals surface area contributed by atoms with Gasteiger partial charge in [-0.25, -0.2) is 4.98 Å². The lowest BCUT2D eigenvalue weighted by Crippen LogP contribution is -2.48. The zero-order valence-electron chi connectivity index (χ0n) is 11.3. The Morgan fingerprint density at radius 1 is 1.50 bits per heavy atom. The quantitative estimate of drug-likeness (QED) is 0.691. The zero-order chi connectivity index (χ0) is 13.6. The summed E-state index contributed by atoms with van der Waals surface area (Å²) in [6.45, 7) is 9.99. The van der Waals surface area contributed by atoms with E-state index in [9.17, 15) is 5.11 Å². The van der Waals surface area contributed by atoms with Gasteiger partial charge in [0.1, 0.15) is 5.82 Å². The van der Waals surface area contributed by atoms with Crippen LogP contribution in [0.1, 0.15) is 25.6 Å². The van der Waals surface area contributed by atoms with Gasteiger partial charge in [0.15, 0.2) is 0 Å². The van der Waals surface area contributed by atoms with Gasteiger partial charge in [-0.2, -0.15) is 0 Å². The third kappa shape index (κ3) is 3.55. The smallest absolute Gasteiger partial charge is 0.122 e. The van der Waals surface area contributed by atoms with E-state index in [0.29, 0.717) is 19.4 Å². The molecule has 1 aromatic heterocycles. The highest BCUT2D eigenvalue weighted by atomic mass is 16.3. The SMILES string of the molecule is C=CCC(O)(CC=C)C(C)NCc1nccn1C. The summed E-state index contributed by atoms with van der Waals surface area (Å²) in [5, 5.41) is 13.9. The Labute approximate surface area is 109 Å². The van der Waals surface area contributed by atoms with Gasteiger partial charge < -0.3 is 15.0 Å². The fourth-order valence-corrected chi connectivity index (χ4v) is 1.94. The van der Waals surface area contributed by atoms with Crippen molar-refractivity contribution in [3.63, 3.8) is 0 Å². The number of nitrogens with zero attached hydrogens (tertiary/aromatic N) is 2. The van der Waals surface area contributed by atoms with Crippen LogP contribution < -0.4 is 5.32 Å². The molecule has 1 aromatic rings. The molecule has 1 rings (SSSR count). The van der Waals surface area contributed by atoms with Crippen LogP contribution in [0.5, 0.6) is 0 Å². The minimum Gasteiger partial charge on any atom is -0.388 e. The zero-order valence-corrected chi connectivity index (χ0v) is 11.3. The number of rotatable bonds is 8. The summed E-state index contributed by atoms with van der Waals surface area (Å²) in [6.07, 6.45) is 8.22. The van der Waals surface area contributed by atoms with Crippen LogP contribution >= 0.6 is 0 Å². The number of hydrogen-bond donors (Lipinski definition) is 2. The molecule has 0 aliphatic rings. The molecule has 0 aromatic carbocycles. The lowest BCUT2D eigenvalue weighted by molar-refractivity contribution is 0.0119. The fraction of sp³-hybridized carbons (Fsp3) is 0.500. The number of nitrogens with one attached hydrogen (secondary N) is 1. The molecule has 0 radical (unpaired) electrons. The van der Waals surface area contributed by atoms with Gasteiger partial charge in [0.05, 0.1) is 12.1 Å². The van der Waals surface area contributed by atoms with Gasteiger partial charge in [0, 0.05) is 25.5 Å². The molecule has 0 aliphatic carbocycles. The Morgan fingerprint density at radius 2 is 2.11 bits per heavy atom. The van der Waals surface area contributed by atoms with E-state index in [1.807, 2.05) is 24.7 Å². The van der Waals surface area contributed by atoms with Crippen LogP contribution in [0.3, 0.4) is 0 Å². The second kappa shape index (κ2) is 6.52. The van der Waals surface area contributed by atoms with Crippen molar-refractivity contribution in [3.05, 3.63) is 43.5 Å². The molecule has 1 atom stereocenters. The molecule has 1 unspecified atom stereocenters. The van der Waals surface area contributed by atoms with Crippen molar-refractivity contribution in [1.29, 1.82) is 0 Å². The van der Waals surface area contributed by atoms with E-state index in [1.165, 1.54) is 0 Å². The van der Waals surface area contributed by atoms with Gasteiger partial charge in [-0.1, -0.05) is 12.2 Å². The molecule has 0 aliphatic heterocycles. The average molecular weight is 249 g/mol. The first-order valence-electron chi connectivity index (χ1n) is 6.17. The third-order valence-corrected chi connectivity index (χ3v) is 3.29. The Kier molecular flexibility index (Phi) is 5.31. The van der Waals surface area contributed by atoms with Crippen molar-refractivity contribution in [2.45, 2.75) is 38.0 Å². The molecule has 4 nitrogen and oxygen atoms in total. The third-order valence-electron chi connectivity index (χ3n) is 3.29. The van der Waals surface area contributed by atoms with E-state index in [4.69, 9.17) is 0 Å². The van der Waals surface area contributed by atoms with Crippen molar-refractivity contribution in [1.82, 2.24) is 14.9 Å². The van der Waals surface area contributed by atoms with Crippen LogP contribution in [0.4, 0.5) is 0 Å². The molecule has 0 saturated carbocycles. The summed E-state index contributed by atoms with van der Waals surface area (Å²) in [7, 11) is 1.95. The predicted octanol–water partition coefficient (Wildman–Crippen LogP) is 1.78. The largest absolute Gasteiger partial charge is 0.388 e. The average Bonchev–Trinajstić information content (AvgIpc) is 2.72. The Balaban J connectivity index is 2.61. The van der Waals surface area contributed by atoms with Crippen molar-refractivity contribution in [2.75, 3.05) is 0 Å². The summed E-state index contributed by atoms with van der Waals surface area (Å²) in [6, 6.07) is -0.0646. The predicted molar refractivity (Wildman–Crippen MR) is 74.1 cm³/mol. The molecule has 2 N–H and O–H groups in total. The fourth-order valence-electron chi connectivity index (χ4n) is 1.94. The van der Waals surface area contributed by atoms with Gasteiger partial charge in [-0.3, -0.25) is 0 Å². The number of aliphatic hydroxyl groups is 1. The first kappa shape index (κ1) is 14.7. The highest BCUT2D eigenvalue weighted by Gasteiger charge is 2.30. The lowest BCUT2D eigenvalue weighted by Gasteiger charge is -2.33. The minimum absolute atomic E-state index is 0.0646. The molecular weight excluding hydrogens is 226 g/mol. The maximum atomic E-state index is 10.5. The topological polar surface area (TPSA) is 50.1 Å². The van der Waals surface area contributed by atoms with Gasteiger partial charge in [-0.05, 0) is 19.8 Å². The molecule has 0 saturated heterocycles. The summed E-state index contributed by atoms with van der Waals surface area (Å²) in [4.78, 5) is 4.24. The number of aromatic nitrogens is 2. The normalized spacial score (nSPS) is 13.3. The van der Waals surface area contributed by atoms with Crippen LogP contribution in [0.15, 0.2) is 37.7 Å². The number of hydrogen-bond acceptors (Lipinski definition) is 3. The van der Waals surface area contributed by atoms with E-state index in [-0.39, 0.29) is 6.04 Å². The second-order valence-corrected chi connectivity index (χ2v) is 4.65. The van der Waals surface area contributed by atoms with Crippen LogP contribution in [0.25, 0.3) is 0 Å². The van der Waals surface area contributed by atoms with Gasteiger partial charge >= 0.3 is 0 Å². The van der Waals surface area contributed by atoms with Gasteiger partial charge in [-0.15, -0.1) is 13.2 Å². The van der Waals surface area contributed by atoms with Crippen molar-refractivity contribution < 1.29 is 5.11 Å². The Bertz CT molecular complexity index is 387. The van der Waals surface area contributed by atoms with E-state index in [1.54, 1.807) is 18.3 Å². The van der Waals surface area contributed by atoms with Crippen LogP contribution in [-0.4, -0.2) is 26.3 Å². The molecule has 1 heterocycles. The van der Waals surface area contributed by atoms with E-state index >= 15 is 0 Å². The second-order valence-electron chi connectivity index (χ2n) is 4.65. The summed E-state index contributed by atoms with van der Waals surface area (Å²) < 4.78 is 1.96. The molecule has 0 amide bonds. The van der Waals surface area contributed by atoms with E-state index in [2.05, 4.69) is 23.5 Å². The molecule has 4 heteroatoms. The highest BCUT2D eigenvalue weighted by Crippen LogP contribution is 2.21. The standard InChI is InChI=1S/C14H23N3O/c1-5-7-14(18,8-6-2)12(3)16-11-13-15-9-10-17(13)4/h5-6,9-10,12,16,18H,1-2,7-8,11H2,3-4H3. The number of imidazole rings is 1. The minimum atomic E-state index is -0.839. The monoisotopic (exact) mass is 249 g/mol. The molecule has 100 valence electrons. The molecule has 0 bridgehead atoms. The maximum Gasteiger partial charge on any atom is 0.122 e. The van der Waals surface area contributed by atoms with E-state index < -0.39 is 5.60 Å². The summed E-state index contributed by atoms with van der Waals surface area (Å²) >= 11 is 0. The number of aryl methyl sites for hydroxylation is 1. The summed E-state index contributed by atoms with van der Waals surface area (Å²) in [5.41, 5.74) is -0.839. The van der Waals surface area contributed by atoms with Gasteiger partial charge in [0.25, 0.3) is 0 Å². The van der Waals surface area contributed by atoms with Crippen molar-refractivity contribution in [2.24, 2.45) is 7.05 Å². The van der Waals surface area contributed by atoms with Crippen molar-refractivity contribution >= 4 is 0 Å². The highest BCUT2D eigenvalue weighted by molar-refractivity contribution is 4.99. The van der Waals surface area contributed by atoms with E-state index in [0.717, 1.165) is 5.82 Å². The Morgan fingerprint density at radius 3 is 2.56 bits per heavy atom.